The zero-order chi connectivity index (χ0) is 9.42. The molecule has 13 heavy (non-hydrogen) atoms. The zero-order valence-electron chi connectivity index (χ0n) is 7.74. The normalized spacial score (nSPS) is 13.5. The van der Waals surface area contributed by atoms with E-state index in [0.29, 0.717) is 0 Å². The van der Waals surface area contributed by atoms with Gasteiger partial charge in [-0.15, -0.1) is 11.3 Å². The van der Waals surface area contributed by atoms with Gasteiger partial charge in [0.15, 0.2) is 0 Å². The molecule has 2 aromatic rings. The number of fused-ring (bicyclic) bond motifs is 1. The van der Waals surface area contributed by atoms with Gasteiger partial charge in [-0.3, -0.25) is 0 Å². The SMILES string of the molecule is Cc1cc2cc(C(C)O)ccc2s1. The van der Waals surface area contributed by atoms with E-state index in [1.54, 1.807) is 18.3 Å². The van der Waals surface area contributed by atoms with Crippen LogP contribution in [0.2, 0.25) is 0 Å². The average Bonchev–Trinajstić information content (AvgIpc) is 2.42. The molecule has 1 aromatic carbocycles. The van der Waals surface area contributed by atoms with Crippen LogP contribution in [0.5, 0.6) is 0 Å². The molecule has 0 saturated heterocycles. The minimum atomic E-state index is -0.371. The summed E-state index contributed by atoms with van der Waals surface area (Å²) >= 11 is 1.79. The minimum absolute atomic E-state index is 0.371. The largest absolute Gasteiger partial charge is 0.389 e. The van der Waals surface area contributed by atoms with Crippen LogP contribution >= 0.6 is 11.3 Å². The highest BCUT2D eigenvalue weighted by Crippen LogP contribution is 2.27. The lowest BCUT2D eigenvalue weighted by Crippen LogP contribution is -1.88. The van der Waals surface area contributed by atoms with Gasteiger partial charge in [0, 0.05) is 9.58 Å². The van der Waals surface area contributed by atoms with Gasteiger partial charge in [-0.2, -0.15) is 0 Å². The van der Waals surface area contributed by atoms with Crippen molar-refractivity contribution >= 4 is 21.4 Å². The number of aliphatic hydroxyl groups excluding tert-OH is 1. The van der Waals surface area contributed by atoms with Gasteiger partial charge in [0.2, 0.25) is 0 Å². The summed E-state index contributed by atoms with van der Waals surface area (Å²) in [6.07, 6.45) is -0.371. The van der Waals surface area contributed by atoms with E-state index in [9.17, 15) is 5.11 Å². The average molecular weight is 192 g/mol. The van der Waals surface area contributed by atoms with Gasteiger partial charge in [-0.1, -0.05) is 6.07 Å². The van der Waals surface area contributed by atoms with E-state index in [0.717, 1.165) is 5.56 Å². The summed E-state index contributed by atoms with van der Waals surface area (Å²) in [5, 5.41) is 10.6. The Labute approximate surface area is 81.6 Å². The number of rotatable bonds is 1. The molecule has 0 aliphatic rings. The molecule has 1 aromatic heterocycles. The first-order valence-electron chi connectivity index (χ1n) is 4.35. The van der Waals surface area contributed by atoms with Crippen molar-refractivity contribution < 1.29 is 5.11 Å². The molecule has 0 bridgehead atoms. The van der Waals surface area contributed by atoms with Gasteiger partial charge in [0.1, 0.15) is 0 Å². The Kier molecular flexibility index (Phi) is 2.10. The molecule has 0 fully saturated rings. The van der Waals surface area contributed by atoms with Gasteiger partial charge in [-0.25, -0.2) is 0 Å². The van der Waals surface area contributed by atoms with E-state index in [1.807, 2.05) is 6.07 Å². The Morgan fingerprint density at radius 1 is 1.31 bits per heavy atom. The third kappa shape index (κ3) is 1.60. The molecule has 0 saturated carbocycles. The summed E-state index contributed by atoms with van der Waals surface area (Å²) in [7, 11) is 0. The van der Waals surface area contributed by atoms with E-state index in [4.69, 9.17) is 0 Å². The quantitative estimate of drug-likeness (QED) is 0.735. The van der Waals surface area contributed by atoms with Crippen LogP contribution in [-0.4, -0.2) is 5.11 Å². The lowest BCUT2D eigenvalue weighted by atomic mass is 10.1. The van der Waals surface area contributed by atoms with Gasteiger partial charge in [0.25, 0.3) is 0 Å². The van der Waals surface area contributed by atoms with Crippen LogP contribution in [0.4, 0.5) is 0 Å². The Bertz CT molecular complexity index is 429. The fourth-order valence-corrected chi connectivity index (χ4v) is 2.36. The molecule has 68 valence electrons. The van der Waals surface area contributed by atoms with E-state index < -0.39 is 0 Å². The van der Waals surface area contributed by atoms with Gasteiger partial charge in [-0.05, 0) is 43.0 Å². The first-order chi connectivity index (χ1) is 6.16. The molecule has 1 atom stereocenters. The van der Waals surface area contributed by atoms with Gasteiger partial charge in [0.05, 0.1) is 6.10 Å². The summed E-state index contributed by atoms with van der Waals surface area (Å²) in [6, 6.07) is 8.29. The first kappa shape index (κ1) is 8.73. The summed E-state index contributed by atoms with van der Waals surface area (Å²) < 4.78 is 1.29. The van der Waals surface area contributed by atoms with Crippen molar-refractivity contribution in [3.63, 3.8) is 0 Å². The maximum atomic E-state index is 9.39. The van der Waals surface area contributed by atoms with E-state index in [-0.39, 0.29) is 6.10 Å². The van der Waals surface area contributed by atoms with Gasteiger partial charge < -0.3 is 5.11 Å². The molecule has 2 rings (SSSR count). The van der Waals surface area contributed by atoms with E-state index in [2.05, 4.69) is 25.1 Å². The second-order valence-electron chi connectivity index (χ2n) is 3.33. The second kappa shape index (κ2) is 3.13. The Hall–Kier alpha value is -0.860. The molecule has 1 heterocycles. The number of aryl methyl sites for hydroxylation is 1. The smallest absolute Gasteiger partial charge is 0.0762 e. The molecule has 0 amide bonds. The Morgan fingerprint density at radius 3 is 2.77 bits per heavy atom. The minimum Gasteiger partial charge on any atom is -0.389 e. The van der Waals surface area contributed by atoms with Crippen LogP contribution in [0.25, 0.3) is 10.1 Å². The Morgan fingerprint density at radius 2 is 2.08 bits per heavy atom. The highest BCUT2D eigenvalue weighted by Gasteiger charge is 2.03. The van der Waals surface area contributed by atoms with Crippen LogP contribution in [0.3, 0.4) is 0 Å². The molecule has 0 spiro atoms. The van der Waals surface area contributed by atoms with Crippen LogP contribution in [0, 0.1) is 6.92 Å². The van der Waals surface area contributed by atoms with Crippen molar-refractivity contribution in [2.45, 2.75) is 20.0 Å². The number of hydrogen-bond acceptors (Lipinski definition) is 2. The van der Waals surface area contributed by atoms with Crippen molar-refractivity contribution in [2.75, 3.05) is 0 Å². The van der Waals surface area contributed by atoms with E-state index in [1.165, 1.54) is 15.0 Å². The summed E-state index contributed by atoms with van der Waals surface area (Å²) in [5.74, 6) is 0. The summed E-state index contributed by atoms with van der Waals surface area (Å²) in [5.41, 5.74) is 0.991. The molecule has 1 nitrogen and oxygen atoms in total. The van der Waals surface area contributed by atoms with Crippen molar-refractivity contribution in [3.8, 4) is 0 Å². The summed E-state index contributed by atoms with van der Waals surface area (Å²) in [6.45, 7) is 3.90. The molecule has 1 unspecified atom stereocenters. The molecule has 1 N–H and O–H groups in total. The highest BCUT2D eigenvalue weighted by atomic mass is 32.1. The molecule has 0 aliphatic heterocycles. The number of hydrogen-bond donors (Lipinski definition) is 1. The Balaban J connectivity index is 2.61. The topological polar surface area (TPSA) is 20.2 Å². The van der Waals surface area contributed by atoms with E-state index >= 15 is 0 Å². The van der Waals surface area contributed by atoms with Crippen LogP contribution in [0.15, 0.2) is 24.3 Å². The lowest BCUT2D eigenvalue weighted by molar-refractivity contribution is 0.199. The zero-order valence-corrected chi connectivity index (χ0v) is 8.56. The molecular weight excluding hydrogens is 180 g/mol. The lowest BCUT2D eigenvalue weighted by Gasteiger charge is -2.03. The number of thiophene rings is 1. The van der Waals surface area contributed by atoms with Crippen LogP contribution in [-0.2, 0) is 0 Å². The number of benzene rings is 1. The van der Waals surface area contributed by atoms with Crippen LogP contribution < -0.4 is 0 Å². The first-order valence-corrected chi connectivity index (χ1v) is 5.16. The highest BCUT2D eigenvalue weighted by molar-refractivity contribution is 7.19. The van der Waals surface area contributed by atoms with Gasteiger partial charge >= 0.3 is 0 Å². The molecule has 2 heteroatoms. The van der Waals surface area contributed by atoms with Crippen molar-refractivity contribution in [1.82, 2.24) is 0 Å². The molecule has 0 radical (unpaired) electrons. The predicted molar refractivity (Wildman–Crippen MR) is 57.2 cm³/mol. The molecular formula is C11H12OS. The third-order valence-electron chi connectivity index (χ3n) is 2.15. The maximum Gasteiger partial charge on any atom is 0.0762 e. The predicted octanol–water partition coefficient (Wildman–Crippen LogP) is 3.26. The standard InChI is InChI=1S/C11H12OS/c1-7-5-10-6-9(8(2)12)3-4-11(10)13-7/h3-6,8,12H,1-2H3. The number of aliphatic hydroxyl groups is 1. The van der Waals surface area contributed by atoms with Crippen molar-refractivity contribution in [1.29, 1.82) is 0 Å². The third-order valence-corrected chi connectivity index (χ3v) is 3.18. The fourth-order valence-electron chi connectivity index (χ4n) is 1.45. The van der Waals surface area contributed by atoms with Crippen molar-refractivity contribution in [3.05, 3.63) is 34.7 Å². The van der Waals surface area contributed by atoms with Crippen LogP contribution in [0.1, 0.15) is 23.5 Å². The second-order valence-corrected chi connectivity index (χ2v) is 4.62. The molecule has 0 aliphatic carbocycles. The maximum absolute atomic E-state index is 9.39. The fraction of sp³-hybridized carbons (Fsp3) is 0.273. The summed E-state index contributed by atoms with van der Waals surface area (Å²) in [4.78, 5) is 1.32. The monoisotopic (exact) mass is 192 g/mol. The van der Waals surface area contributed by atoms with Crippen molar-refractivity contribution in [2.24, 2.45) is 0 Å².